The third-order valence-corrected chi connectivity index (χ3v) is 4.14. The molecule has 0 spiro atoms. The van der Waals surface area contributed by atoms with Crippen LogP contribution in [0.4, 0.5) is 4.39 Å². The molecule has 0 bridgehead atoms. The molecule has 1 heterocycles. The maximum Gasteiger partial charge on any atom is 0.251 e. The van der Waals surface area contributed by atoms with Crippen LogP contribution in [0, 0.1) is 12.7 Å². The van der Waals surface area contributed by atoms with Gasteiger partial charge in [-0.1, -0.05) is 12.1 Å². The third-order valence-electron chi connectivity index (χ3n) is 4.14. The standard InChI is InChI=1S/C18H16FN3O/c1-10-7-12(18(23)20-14-5-6-14)9-15-16(10)21-22-17(15)11-3-2-4-13(19)8-11/h2-4,7-9,14H,5-6H2,1H3,(H,20,23)(H,21,22). The number of carbonyl (C=O) groups is 1. The Balaban J connectivity index is 1.83. The normalized spacial score (nSPS) is 14.2. The van der Waals surface area contributed by atoms with Crippen LogP contribution in [0.1, 0.15) is 28.8 Å². The summed E-state index contributed by atoms with van der Waals surface area (Å²) in [6.07, 6.45) is 2.10. The minimum Gasteiger partial charge on any atom is -0.349 e. The Morgan fingerprint density at radius 1 is 1.30 bits per heavy atom. The van der Waals surface area contributed by atoms with Crippen molar-refractivity contribution in [1.29, 1.82) is 0 Å². The number of halogens is 1. The van der Waals surface area contributed by atoms with Gasteiger partial charge in [0.1, 0.15) is 11.5 Å². The molecule has 1 saturated carbocycles. The molecule has 0 radical (unpaired) electrons. The van der Waals surface area contributed by atoms with Crippen LogP contribution >= 0.6 is 0 Å². The fraction of sp³-hybridized carbons (Fsp3) is 0.222. The number of hydrogen-bond acceptors (Lipinski definition) is 2. The van der Waals surface area contributed by atoms with Crippen LogP contribution < -0.4 is 5.32 Å². The number of nitrogens with zero attached hydrogens (tertiary/aromatic N) is 1. The first-order valence-corrected chi connectivity index (χ1v) is 7.67. The number of carbonyl (C=O) groups excluding carboxylic acids is 1. The molecule has 4 nitrogen and oxygen atoms in total. The molecule has 1 aliphatic carbocycles. The van der Waals surface area contributed by atoms with Gasteiger partial charge in [0.15, 0.2) is 0 Å². The van der Waals surface area contributed by atoms with Gasteiger partial charge in [-0.2, -0.15) is 5.10 Å². The lowest BCUT2D eigenvalue weighted by Crippen LogP contribution is -2.25. The summed E-state index contributed by atoms with van der Waals surface area (Å²) in [4.78, 5) is 12.3. The van der Waals surface area contributed by atoms with Crippen molar-refractivity contribution in [3.63, 3.8) is 0 Å². The number of nitrogens with one attached hydrogen (secondary N) is 2. The fourth-order valence-corrected chi connectivity index (χ4v) is 2.78. The number of benzene rings is 2. The molecule has 0 saturated heterocycles. The lowest BCUT2D eigenvalue weighted by Gasteiger charge is -2.06. The quantitative estimate of drug-likeness (QED) is 0.777. The van der Waals surface area contributed by atoms with E-state index in [2.05, 4.69) is 15.5 Å². The highest BCUT2D eigenvalue weighted by atomic mass is 19.1. The van der Waals surface area contributed by atoms with Crippen LogP contribution in [-0.4, -0.2) is 22.1 Å². The number of fused-ring (bicyclic) bond motifs is 1. The number of aromatic nitrogens is 2. The van der Waals surface area contributed by atoms with E-state index in [1.165, 1.54) is 12.1 Å². The lowest BCUT2D eigenvalue weighted by atomic mass is 10.0. The number of H-pyrrole nitrogens is 1. The zero-order valence-corrected chi connectivity index (χ0v) is 12.7. The van der Waals surface area contributed by atoms with Crippen molar-refractivity contribution in [1.82, 2.24) is 15.5 Å². The van der Waals surface area contributed by atoms with Crippen LogP contribution in [0.2, 0.25) is 0 Å². The summed E-state index contributed by atoms with van der Waals surface area (Å²) in [5.74, 6) is -0.373. The molecule has 2 N–H and O–H groups in total. The van der Waals surface area contributed by atoms with Crippen LogP contribution in [-0.2, 0) is 0 Å². The van der Waals surface area contributed by atoms with E-state index in [-0.39, 0.29) is 11.7 Å². The number of amides is 1. The predicted molar refractivity (Wildman–Crippen MR) is 86.7 cm³/mol. The van der Waals surface area contributed by atoms with Crippen molar-refractivity contribution < 1.29 is 9.18 Å². The maximum atomic E-state index is 13.5. The van der Waals surface area contributed by atoms with Gasteiger partial charge in [0, 0.05) is 22.6 Å². The molecule has 23 heavy (non-hydrogen) atoms. The molecule has 2 aromatic carbocycles. The topological polar surface area (TPSA) is 57.8 Å². The predicted octanol–water partition coefficient (Wildman–Crippen LogP) is 3.57. The molecule has 4 rings (SSSR count). The van der Waals surface area contributed by atoms with Crippen LogP contribution in [0.3, 0.4) is 0 Å². The summed E-state index contributed by atoms with van der Waals surface area (Å²) in [6, 6.07) is 10.3. The van der Waals surface area contributed by atoms with Gasteiger partial charge in [0.25, 0.3) is 5.91 Å². The second-order valence-electron chi connectivity index (χ2n) is 6.05. The van der Waals surface area contributed by atoms with Crippen molar-refractivity contribution >= 4 is 16.8 Å². The smallest absolute Gasteiger partial charge is 0.251 e. The van der Waals surface area contributed by atoms with Gasteiger partial charge < -0.3 is 5.32 Å². The Hall–Kier alpha value is -2.69. The summed E-state index contributed by atoms with van der Waals surface area (Å²) in [6.45, 7) is 1.93. The van der Waals surface area contributed by atoms with E-state index < -0.39 is 0 Å². The first kappa shape index (κ1) is 13.9. The second kappa shape index (κ2) is 5.19. The van der Waals surface area contributed by atoms with Gasteiger partial charge in [-0.05, 0) is 49.6 Å². The Bertz CT molecular complexity index is 912. The third kappa shape index (κ3) is 2.59. The van der Waals surface area contributed by atoms with Crippen molar-refractivity contribution in [3.05, 3.63) is 53.3 Å². The molecule has 3 aromatic rings. The molecular weight excluding hydrogens is 293 g/mol. The van der Waals surface area contributed by atoms with Crippen LogP contribution in [0.15, 0.2) is 36.4 Å². The highest BCUT2D eigenvalue weighted by molar-refractivity contribution is 6.02. The van der Waals surface area contributed by atoms with Crippen molar-refractivity contribution in [2.45, 2.75) is 25.8 Å². The molecule has 1 aliphatic rings. The van der Waals surface area contributed by atoms with Crippen LogP contribution in [0.5, 0.6) is 0 Å². The zero-order valence-electron chi connectivity index (χ0n) is 12.7. The highest BCUT2D eigenvalue weighted by Gasteiger charge is 2.24. The van der Waals surface area contributed by atoms with E-state index in [0.717, 1.165) is 29.3 Å². The molecule has 1 aromatic heterocycles. The minimum absolute atomic E-state index is 0.0658. The largest absolute Gasteiger partial charge is 0.349 e. The summed E-state index contributed by atoms with van der Waals surface area (Å²) in [5, 5.41) is 11.1. The Morgan fingerprint density at radius 2 is 2.13 bits per heavy atom. The monoisotopic (exact) mass is 309 g/mol. The van der Waals surface area contributed by atoms with Crippen molar-refractivity contribution in [3.8, 4) is 11.3 Å². The molecule has 1 amide bonds. The Kier molecular flexibility index (Phi) is 3.15. The molecule has 5 heteroatoms. The van der Waals surface area contributed by atoms with E-state index in [0.29, 0.717) is 22.9 Å². The van der Waals surface area contributed by atoms with E-state index in [4.69, 9.17) is 0 Å². The molecule has 116 valence electrons. The zero-order chi connectivity index (χ0) is 16.0. The summed E-state index contributed by atoms with van der Waals surface area (Å²) in [7, 11) is 0. The average Bonchev–Trinajstić information content (AvgIpc) is 3.23. The highest BCUT2D eigenvalue weighted by Crippen LogP contribution is 2.30. The van der Waals surface area contributed by atoms with Gasteiger partial charge in [0.2, 0.25) is 0 Å². The summed E-state index contributed by atoms with van der Waals surface area (Å²) < 4.78 is 13.5. The first-order valence-electron chi connectivity index (χ1n) is 7.67. The second-order valence-corrected chi connectivity index (χ2v) is 6.05. The Labute approximate surface area is 132 Å². The van der Waals surface area contributed by atoms with E-state index >= 15 is 0 Å². The van der Waals surface area contributed by atoms with Crippen molar-refractivity contribution in [2.75, 3.05) is 0 Å². The Morgan fingerprint density at radius 3 is 2.87 bits per heavy atom. The number of aryl methyl sites for hydroxylation is 1. The summed E-state index contributed by atoms with van der Waals surface area (Å²) in [5.41, 5.74) is 3.77. The number of hydrogen-bond donors (Lipinski definition) is 2. The van der Waals surface area contributed by atoms with Gasteiger partial charge in [0.05, 0.1) is 5.52 Å². The number of aromatic amines is 1. The fourth-order valence-electron chi connectivity index (χ4n) is 2.78. The molecule has 0 atom stereocenters. The van der Waals surface area contributed by atoms with Gasteiger partial charge in [-0.15, -0.1) is 0 Å². The van der Waals surface area contributed by atoms with Gasteiger partial charge >= 0.3 is 0 Å². The average molecular weight is 309 g/mol. The maximum absolute atomic E-state index is 13.5. The lowest BCUT2D eigenvalue weighted by molar-refractivity contribution is 0.0951. The van der Waals surface area contributed by atoms with Gasteiger partial charge in [-0.25, -0.2) is 4.39 Å². The van der Waals surface area contributed by atoms with Gasteiger partial charge in [-0.3, -0.25) is 9.89 Å². The SMILES string of the molecule is Cc1cc(C(=O)NC2CC2)cc2c(-c3cccc(F)c3)n[nH]c12. The van der Waals surface area contributed by atoms with Crippen LogP contribution in [0.25, 0.3) is 22.2 Å². The van der Waals surface area contributed by atoms with E-state index in [9.17, 15) is 9.18 Å². The molecule has 1 fully saturated rings. The molecule has 0 unspecified atom stereocenters. The molecular formula is C18H16FN3O. The summed E-state index contributed by atoms with van der Waals surface area (Å²) >= 11 is 0. The van der Waals surface area contributed by atoms with E-state index in [1.807, 2.05) is 25.1 Å². The van der Waals surface area contributed by atoms with Crippen molar-refractivity contribution in [2.24, 2.45) is 0 Å². The minimum atomic E-state index is -0.307. The number of rotatable bonds is 3. The van der Waals surface area contributed by atoms with E-state index in [1.54, 1.807) is 6.07 Å². The molecule has 0 aliphatic heterocycles. The first-order chi connectivity index (χ1) is 11.1.